The summed E-state index contributed by atoms with van der Waals surface area (Å²) in [6, 6.07) is 16.1. The van der Waals surface area contributed by atoms with Gasteiger partial charge in [0, 0.05) is 25.2 Å². The molecule has 3 amide bonds. The monoisotopic (exact) mass is 383 g/mol. The van der Waals surface area contributed by atoms with Crippen molar-refractivity contribution in [2.45, 2.75) is 32.4 Å². The van der Waals surface area contributed by atoms with Gasteiger partial charge >= 0.3 is 6.03 Å². The molecule has 1 fully saturated rings. The lowest BCUT2D eigenvalue weighted by atomic mass is 9.88. The van der Waals surface area contributed by atoms with Crippen LogP contribution in [0, 0.1) is 11.7 Å². The van der Waals surface area contributed by atoms with Crippen molar-refractivity contribution < 1.29 is 14.0 Å². The minimum atomic E-state index is -0.334. The van der Waals surface area contributed by atoms with Crippen molar-refractivity contribution >= 4 is 11.9 Å². The van der Waals surface area contributed by atoms with Crippen molar-refractivity contribution in [1.29, 1.82) is 0 Å². The Morgan fingerprint density at radius 3 is 2.46 bits per heavy atom. The first-order chi connectivity index (χ1) is 13.6. The number of likely N-dealkylation sites (tertiary alicyclic amines) is 1. The number of hydrogen-bond donors (Lipinski definition) is 2. The van der Waals surface area contributed by atoms with Gasteiger partial charge in [-0.15, -0.1) is 0 Å². The Morgan fingerprint density at radius 1 is 1.04 bits per heavy atom. The summed E-state index contributed by atoms with van der Waals surface area (Å²) in [4.78, 5) is 27.0. The van der Waals surface area contributed by atoms with E-state index in [1.54, 1.807) is 23.1 Å². The quantitative estimate of drug-likeness (QED) is 0.828. The number of nitrogens with zero attached hydrogens (tertiary/aromatic N) is 1. The molecule has 0 saturated carbocycles. The number of urea groups is 1. The van der Waals surface area contributed by atoms with Gasteiger partial charge in [-0.1, -0.05) is 48.5 Å². The van der Waals surface area contributed by atoms with E-state index in [1.807, 2.05) is 37.3 Å². The number of carbonyl (C=O) groups is 2. The number of nitrogens with one attached hydrogen (secondary N) is 2. The van der Waals surface area contributed by atoms with Crippen molar-refractivity contribution in [2.24, 2.45) is 5.92 Å². The smallest absolute Gasteiger partial charge is 0.317 e. The van der Waals surface area contributed by atoms with Crippen molar-refractivity contribution in [3.63, 3.8) is 0 Å². The number of piperidine rings is 1. The van der Waals surface area contributed by atoms with Crippen molar-refractivity contribution in [3.05, 3.63) is 71.5 Å². The van der Waals surface area contributed by atoms with Crippen LogP contribution >= 0.6 is 0 Å². The number of hydrogen-bond acceptors (Lipinski definition) is 2. The largest absolute Gasteiger partial charge is 0.352 e. The Kier molecular flexibility index (Phi) is 6.63. The van der Waals surface area contributed by atoms with Crippen molar-refractivity contribution in [1.82, 2.24) is 15.5 Å². The van der Waals surface area contributed by atoms with E-state index in [-0.39, 0.29) is 36.3 Å². The molecule has 148 valence electrons. The predicted molar refractivity (Wildman–Crippen MR) is 106 cm³/mol. The molecule has 0 bridgehead atoms. The van der Waals surface area contributed by atoms with Crippen LogP contribution in [-0.2, 0) is 11.3 Å². The molecule has 1 aliphatic rings. The molecule has 0 radical (unpaired) electrons. The molecular formula is C22H26FN3O2. The zero-order chi connectivity index (χ0) is 19.9. The van der Waals surface area contributed by atoms with Crippen LogP contribution in [-0.4, -0.2) is 29.9 Å². The minimum absolute atomic E-state index is 0.0524. The van der Waals surface area contributed by atoms with E-state index in [1.165, 1.54) is 6.07 Å². The molecule has 0 unspecified atom stereocenters. The molecule has 0 spiro atoms. The van der Waals surface area contributed by atoms with Gasteiger partial charge in [0.05, 0.1) is 12.0 Å². The Labute approximate surface area is 164 Å². The Morgan fingerprint density at radius 2 is 1.75 bits per heavy atom. The van der Waals surface area contributed by atoms with Crippen LogP contribution in [0.3, 0.4) is 0 Å². The van der Waals surface area contributed by atoms with Crippen LogP contribution in [0.25, 0.3) is 0 Å². The lowest BCUT2D eigenvalue weighted by molar-refractivity contribution is -0.126. The first-order valence-electron chi connectivity index (χ1n) is 9.70. The van der Waals surface area contributed by atoms with E-state index in [9.17, 15) is 14.0 Å². The third-order valence-corrected chi connectivity index (χ3v) is 5.14. The molecule has 0 aliphatic carbocycles. The highest BCUT2D eigenvalue weighted by Gasteiger charge is 2.35. The molecule has 1 saturated heterocycles. The number of amides is 3. The van der Waals surface area contributed by atoms with E-state index in [4.69, 9.17) is 0 Å². The molecule has 2 aromatic carbocycles. The molecule has 2 atom stereocenters. The molecule has 3 rings (SSSR count). The topological polar surface area (TPSA) is 61.4 Å². The van der Waals surface area contributed by atoms with Gasteiger partial charge in [0.2, 0.25) is 5.91 Å². The van der Waals surface area contributed by atoms with E-state index >= 15 is 0 Å². The Hall–Kier alpha value is -2.89. The molecule has 28 heavy (non-hydrogen) atoms. The summed E-state index contributed by atoms with van der Waals surface area (Å²) in [5, 5.41) is 5.66. The van der Waals surface area contributed by atoms with E-state index in [2.05, 4.69) is 10.6 Å². The summed E-state index contributed by atoms with van der Waals surface area (Å²) in [7, 11) is 0. The fraction of sp³-hybridized carbons (Fsp3) is 0.364. The molecule has 6 heteroatoms. The van der Waals surface area contributed by atoms with Crippen LogP contribution in [0.15, 0.2) is 54.6 Å². The van der Waals surface area contributed by atoms with Gasteiger partial charge in [-0.3, -0.25) is 4.79 Å². The molecule has 2 aromatic rings. The Balaban J connectivity index is 1.68. The average molecular weight is 383 g/mol. The summed E-state index contributed by atoms with van der Waals surface area (Å²) in [6.07, 6.45) is 1.39. The van der Waals surface area contributed by atoms with E-state index < -0.39 is 0 Å². The fourth-order valence-corrected chi connectivity index (χ4v) is 3.65. The summed E-state index contributed by atoms with van der Waals surface area (Å²) < 4.78 is 13.8. The number of carbonyl (C=O) groups excluding carboxylic acids is 2. The summed E-state index contributed by atoms with van der Waals surface area (Å²) >= 11 is 0. The normalized spacial score (nSPS) is 19.1. The number of benzene rings is 2. The lowest BCUT2D eigenvalue weighted by Crippen LogP contribution is -2.50. The third-order valence-electron chi connectivity index (χ3n) is 5.14. The van der Waals surface area contributed by atoms with E-state index in [0.717, 1.165) is 5.56 Å². The predicted octanol–water partition coefficient (Wildman–Crippen LogP) is 3.62. The first-order valence-corrected chi connectivity index (χ1v) is 9.70. The SMILES string of the molecule is CCNC(=O)N1C[C@@H](C(=O)NCc2ccccc2F)CC[C@H]1c1ccccc1. The Bertz CT molecular complexity index is 812. The van der Waals surface area contributed by atoms with Crippen LogP contribution in [0.4, 0.5) is 9.18 Å². The zero-order valence-corrected chi connectivity index (χ0v) is 16.0. The highest BCUT2D eigenvalue weighted by atomic mass is 19.1. The van der Waals surface area contributed by atoms with Crippen molar-refractivity contribution in [3.8, 4) is 0 Å². The van der Waals surface area contributed by atoms with Gasteiger partial charge in [0.1, 0.15) is 5.82 Å². The highest BCUT2D eigenvalue weighted by Crippen LogP contribution is 2.33. The lowest BCUT2D eigenvalue weighted by Gasteiger charge is -2.39. The van der Waals surface area contributed by atoms with Gasteiger partial charge in [-0.25, -0.2) is 9.18 Å². The molecule has 1 heterocycles. The second-order valence-corrected chi connectivity index (χ2v) is 7.00. The number of halogens is 1. The van der Waals surface area contributed by atoms with Crippen molar-refractivity contribution in [2.75, 3.05) is 13.1 Å². The van der Waals surface area contributed by atoms with Crippen LogP contribution < -0.4 is 10.6 Å². The first kappa shape index (κ1) is 19.9. The van der Waals surface area contributed by atoms with Crippen LogP contribution in [0.2, 0.25) is 0 Å². The molecular weight excluding hydrogens is 357 g/mol. The van der Waals surface area contributed by atoms with Crippen LogP contribution in [0.5, 0.6) is 0 Å². The molecule has 5 nitrogen and oxygen atoms in total. The second kappa shape index (κ2) is 9.35. The second-order valence-electron chi connectivity index (χ2n) is 7.00. The van der Waals surface area contributed by atoms with Gasteiger partial charge in [-0.05, 0) is 31.4 Å². The maximum Gasteiger partial charge on any atom is 0.317 e. The zero-order valence-electron chi connectivity index (χ0n) is 16.0. The maximum absolute atomic E-state index is 13.8. The summed E-state index contributed by atoms with van der Waals surface area (Å²) in [5.74, 6) is -0.794. The average Bonchev–Trinajstić information content (AvgIpc) is 2.73. The number of rotatable bonds is 5. The maximum atomic E-state index is 13.8. The van der Waals surface area contributed by atoms with Gasteiger partial charge < -0.3 is 15.5 Å². The molecule has 0 aromatic heterocycles. The van der Waals surface area contributed by atoms with Gasteiger partial charge in [0.25, 0.3) is 0 Å². The fourth-order valence-electron chi connectivity index (χ4n) is 3.65. The van der Waals surface area contributed by atoms with Crippen LogP contribution in [0.1, 0.15) is 36.9 Å². The minimum Gasteiger partial charge on any atom is -0.352 e. The summed E-state index contributed by atoms with van der Waals surface area (Å²) in [6.45, 7) is 2.89. The molecule has 1 aliphatic heterocycles. The molecule has 2 N–H and O–H groups in total. The standard InChI is InChI=1S/C22H26FN3O2/c1-2-24-22(28)26-15-18(12-13-20(26)16-8-4-3-5-9-16)21(27)25-14-17-10-6-7-11-19(17)23/h3-11,18,20H,2,12-15H2,1H3,(H,24,28)(H,25,27)/t18-,20-/m0/s1. The third kappa shape index (κ3) is 4.68. The summed E-state index contributed by atoms with van der Waals surface area (Å²) in [5.41, 5.74) is 1.52. The van der Waals surface area contributed by atoms with E-state index in [0.29, 0.717) is 31.5 Å². The van der Waals surface area contributed by atoms with Gasteiger partial charge in [0.15, 0.2) is 0 Å². The van der Waals surface area contributed by atoms with Gasteiger partial charge in [-0.2, -0.15) is 0 Å². The highest BCUT2D eigenvalue weighted by molar-refractivity contribution is 5.81.